The number of nitro benzene ring substituents is 1. The summed E-state index contributed by atoms with van der Waals surface area (Å²) >= 11 is 1.86. The van der Waals surface area contributed by atoms with E-state index in [0.717, 1.165) is 37.4 Å². The molecule has 124 valence electrons. The maximum atomic E-state index is 12.9. The summed E-state index contributed by atoms with van der Waals surface area (Å²) in [7, 11) is 0. The number of thioether (sulfide) groups is 1. The van der Waals surface area contributed by atoms with Crippen LogP contribution in [0.4, 0.5) is 5.69 Å². The van der Waals surface area contributed by atoms with Crippen LogP contribution in [-0.4, -0.2) is 52.5 Å². The highest BCUT2D eigenvalue weighted by molar-refractivity contribution is 7.99. The lowest BCUT2D eigenvalue weighted by Gasteiger charge is -2.30. The fraction of sp³-hybridized carbons (Fsp3) is 0.562. The molecule has 2 saturated heterocycles. The molecule has 0 bridgehead atoms. The average molecular weight is 336 g/mol. The van der Waals surface area contributed by atoms with Gasteiger partial charge in [-0.25, -0.2) is 0 Å². The zero-order valence-corrected chi connectivity index (χ0v) is 13.7. The Balaban J connectivity index is 1.76. The van der Waals surface area contributed by atoms with Crippen molar-refractivity contribution in [2.75, 3.05) is 24.7 Å². The van der Waals surface area contributed by atoms with Gasteiger partial charge in [-0.15, -0.1) is 0 Å². The van der Waals surface area contributed by atoms with Crippen LogP contribution in [0.25, 0.3) is 0 Å². The van der Waals surface area contributed by atoms with Gasteiger partial charge >= 0.3 is 0 Å². The van der Waals surface area contributed by atoms with Crippen molar-refractivity contribution in [1.82, 2.24) is 4.90 Å². The van der Waals surface area contributed by atoms with Gasteiger partial charge < -0.3 is 9.64 Å². The second kappa shape index (κ2) is 7.31. The topological polar surface area (TPSA) is 72.7 Å². The predicted molar refractivity (Wildman–Crippen MR) is 88.8 cm³/mol. The zero-order valence-electron chi connectivity index (χ0n) is 12.8. The average Bonchev–Trinajstić information content (AvgIpc) is 3.25. The minimum Gasteiger partial charge on any atom is -0.376 e. The number of ether oxygens (including phenoxy) is 1. The Hall–Kier alpha value is -1.60. The Morgan fingerprint density at radius 2 is 2.13 bits per heavy atom. The molecule has 0 aliphatic carbocycles. The Morgan fingerprint density at radius 3 is 2.70 bits per heavy atom. The molecule has 2 heterocycles. The van der Waals surface area contributed by atoms with E-state index in [1.807, 2.05) is 16.7 Å². The molecule has 23 heavy (non-hydrogen) atoms. The molecule has 0 saturated carbocycles. The second-order valence-electron chi connectivity index (χ2n) is 5.91. The molecule has 2 aliphatic heterocycles. The van der Waals surface area contributed by atoms with E-state index in [1.165, 1.54) is 12.1 Å². The molecule has 0 N–H and O–H groups in total. The van der Waals surface area contributed by atoms with Crippen molar-refractivity contribution in [3.8, 4) is 0 Å². The fourth-order valence-electron chi connectivity index (χ4n) is 3.06. The molecule has 2 aliphatic rings. The monoisotopic (exact) mass is 336 g/mol. The molecule has 2 atom stereocenters. The van der Waals surface area contributed by atoms with Gasteiger partial charge in [0.15, 0.2) is 0 Å². The molecule has 1 aromatic rings. The van der Waals surface area contributed by atoms with Gasteiger partial charge in [0, 0.05) is 42.6 Å². The first-order valence-corrected chi connectivity index (χ1v) is 9.05. The van der Waals surface area contributed by atoms with Crippen molar-refractivity contribution >= 4 is 23.4 Å². The van der Waals surface area contributed by atoms with E-state index >= 15 is 0 Å². The summed E-state index contributed by atoms with van der Waals surface area (Å²) < 4.78 is 5.69. The second-order valence-corrected chi connectivity index (χ2v) is 7.06. The fourth-order valence-corrected chi connectivity index (χ4v) is 4.29. The lowest BCUT2D eigenvalue weighted by atomic mass is 10.1. The molecular formula is C16H20N2O4S. The Bertz CT molecular complexity index is 566. The number of non-ortho nitro benzene ring substituents is 1. The van der Waals surface area contributed by atoms with Gasteiger partial charge in [0.25, 0.3) is 11.6 Å². The smallest absolute Gasteiger partial charge is 0.269 e. The molecule has 0 radical (unpaired) electrons. The van der Waals surface area contributed by atoms with E-state index in [2.05, 4.69) is 0 Å². The van der Waals surface area contributed by atoms with Crippen LogP contribution >= 0.6 is 11.8 Å². The Labute approximate surface area is 139 Å². The molecule has 6 nitrogen and oxygen atoms in total. The van der Waals surface area contributed by atoms with Gasteiger partial charge in [-0.1, -0.05) is 0 Å². The quantitative estimate of drug-likeness (QED) is 0.610. The number of amides is 1. The van der Waals surface area contributed by atoms with Crippen LogP contribution in [0, 0.1) is 10.1 Å². The Kier molecular flexibility index (Phi) is 5.17. The first-order valence-electron chi connectivity index (χ1n) is 7.90. The van der Waals surface area contributed by atoms with Gasteiger partial charge in [-0.3, -0.25) is 14.9 Å². The minimum absolute atomic E-state index is 0.00338. The zero-order chi connectivity index (χ0) is 16.2. The van der Waals surface area contributed by atoms with Crippen molar-refractivity contribution in [1.29, 1.82) is 0 Å². The molecule has 3 rings (SSSR count). The van der Waals surface area contributed by atoms with Gasteiger partial charge in [0.05, 0.1) is 11.0 Å². The number of carbonyl (C=O) groups is 1. The van der Waals surface area contributed by atoms with Crippen LogP contribution in [0.5, 0.6) is 0 Å². The van der Waals surface area contributed by atoms with E-state index in [4.69, 9.17) is 4.74 Å². The number of hydrogen-bond donors (Lipinski definition) is 0. The number of rotatable bonds is 5. The molecule has 0 spiro atoms. The van der Waals surface area contributed by atoms with Gasteiger partial charge in [0.2, 0.25) is 0 Å². The number of nitro groups is 1. The van der Waals surface area contributed by atoms with Crippen LogP contribution in [0.1, 0.15) is 29.6 Å². The van der Waals surface area contributed by atoms with E-state index in [9.17, 15) is 14.9 Å². The SMILES string of the molecule is O=C(c1ccc([N+](=O)[O-])cc1)N(C[C@H]1CCCO1)[C@@H]1CCSC1. The van der Waals surface area contributed by atoms with Gasteiger partial charge in [0.1, 0.15) is 0 Å². The van der Waals surface area contributed by atoms with Crippen molar-refractivity contribution in [3.05, 3.63) is 39.9 Å². The third-order valence-corrected chi connectivity index (χ3v) is 5.50. The lowest BCUT2D eigenvalue weighted by Crippen LogP contribution is -2.44. The first-order chi connectivity index (χ1) is 11.1. The highest BCUT2D eigenvalue weighted by atomic mass is 32.2. The number of hydrogen-bond acceptors (Lipinski definition) is 5. The van der Waals surface area contributed by atoms with Crippen LogP contribution in [0.2, 0.25) is 0 Å². The van der Waals surface area contributed by atoms with Crippen LogP contribution in [-0.2, 0) is 4.74 Å². The molecule has 0 aromatic heterocycles. The normalized spacial score (nSPS) is 23.8. The standard InChI is InChI=1S/C16H20N2O4S/c19-16(12-3-5-13(6-4-12)18(20)21)17(14-7-9-23-11-14)10-15-2-1-8-22-15/h3-6,14-15H,1-2,7-11H2/t14-,15-/m1/s1. The summed E-state index contributed by atoms with van der Waals surface area (Å²) in [5.74, 6) is 1.97. The van der Waals surface area contributed by atoms with Crippen molar-refractivity contribution in [2.24, 2.45) is 0 Å². The lowest BCUT2D eigenvalue weighted by molar-refractivity contribution is -0.384. The van der Waals surface area contributed by atoms with Crippen molar-refractivity contribution in [2.45, 2.75) is 31.4 Å². The van der Waals surface area contributed by atoms with Gasteiger partial charge in [-0.05, 0) is 37.1 Å². The summed E-state index contributed by atoms with van der Waals surface area (Å²) in [6, 6.07) is 6.10. The van der Waals surface area contributed by atoms with E-state index in [0.29, 0.717) is 12.1 Å². The molecular weight excluding hydrogens is 316 g/mol. The summed E-state index contributed by atoms with van der Waals surface area (Å²) in [5.41, 5.74) is 0.508. The molecule has 1 amide bonds. The molecule has 0 unspecified atom stereocenters. The highest BCUT2D eigenvalue weighted by Crippen LogP contribution is 2.26. The minimum atomic E-state index is -0.452. The van der Waals surface area contributed by atoms with E-state index in [-0.39, 0.29) is 23.7 Å². The number of benzene rings is 1. The Morgan fingerprint density at radius 1 is 1.35 bits per heavy atom. The van der Waals surface area contributed by atoms with Crippen LogP contribution < -0.4 is 0 Å². The van der Waals surface area contributed by atoms with E-state index in [1.54, 1.807) is 12.1 Å². The third-order valence-electron chi connectivity index (χ3n) is 4.36. The summed E-state index contributed by atoms with van der Waals surface area (Å²) in [5, 5.41) is 10.7. The van der Waals surface area contributed by atoms with Crippen molar-refractivity contribution < 1.29 is 14.5 Å². The molecule has 7 heteroatoms. The predicted octanol–water partition coefficient (Wildman–Crippen LogP) is 2.72. The molecule has 1 aromatic carbocycles. The number of carbonyl (C=O) groups excluding carboxylic acids is 1. The maximum absolute atomic E-state index is 12.9. The maximum Gasteiger partial charge on any atom is 0.269 e. The summed E-state index contributed by atoms with van der Waals surface area (Å²) in [6.45, 7) is 1.38. The summed E-state index contributed by atoms with van der Waals surface area (Å²) in [6.07, 6.45) is 3.14. The third kappa shape index (κ3) is 3.84. The largest absolute Gasteiger partial charge is 0.376 e. The van der Waals surface area contributed by atoms with Crippen molar-refractivity contribution in [3.63, 3.8) is 0 Å². The highest BCUT2D eigenvalue weighted by Gasteiger charge is 2.31. The number of nitrogens with zero attached hydrogens (tertiary/aromatic N) is 2. The molecule has 2 fully saturated rings. The first kappa shape index (κ1) is 16.3. The van der Waals surface area contributed by atoms with Crippen LogP contribution in [0.15, 0.2) is 24.3 Å². The van der Waals surface area contributed by atoms with Crippen LogP contribution in [0.3, 0.4) is 0 Å². The van der Waals surface area contributed by atoms with E-state index < -0.39 is 4.92 Å². The summed E-state index contributed by atoms with van der Waals surface area (Å²) in [4.78, 5) is 25.1. The van der Waals surface area contributed by atoms with Gasteiger partial charge in [-0.2, -0.15) is 11.8 Å².